The van der Waals surface area contributed by atoms with E-state index < -0.39 is 0 Å². The number of nitrogens with zero attached hydrogens (tertiary/aromatic N) is 2. The molecule has 2 aromatic rings. The summed E-state index contributed by atoms with van der Waals surface area (Å²) in [5.41, 5.74) is 2.27. The van der Waals surface area contributed by atoms with Gasteiger partial charge in [-0.2, -0.15) is 5.10 Å². The van der Waals surface area contributed by atoms with Crippen molar-refractivity contribution in [1.82, 2.24) is 5.01 Å². The molecule has 0 saturated heterocycles. The summed E-state index contributed by atoms with van der Waals surface area (Å²) in [5, 5.41) is 16.5. The highest BCUT2D eigenvalue weighted by Gasteiger charge is 2.33. The van der Waals surface area contributed by atoms with E-state index in [2.05, 4.69) is 5.10 Å². The fourth-order valence-electron chi connectivity index (χ4n) is 2.79. The van der Waals surface area contributed by atoms with E-state index in [1.807, 2.05) is 24.3 Å². The number of amides is 1. The van der Waals surface area contributed by atoms with Crippen LogP contribution in [0.5, 0.6) is 11.5 Å². The van der Waals surface area contributed by atoms with Crippen LogP contribution < -0.4 is 4.74 Å². The van der Waals surface area contributed by atoms with Crippen LogP contribution in [-0.4, -0.2) is 28.8 Å². The number of rotatable bonds is 3. The third kappa shape index (κ3) is 3.08. The quantitative estimate of drug-likeness (QED) is 0.922. The zero-order valence-corrected chi connectivity index (χ0v) is 14.1. The fourth-order valence-corrected chi connectivity index (χ4v) is 2.97. The number of carbonyl (C=O) groups is 1. The van der Waals surface area contributed by atoms with Gasteiger partial charge in [-0.1, -0.05) is 11.6 Å². The number of ether oxygens (including phenoxy) is 1. The average molecular weight is 345 g/mol. The summed E-state index contributed by atoms with van der Waals surface area (Å²) < 4.78 is 5.16. The first-order valence-corrected chi connectivity index (χ1v) is 7.87. The van der Waals surface area contributed by atoms with Crippen LogP contribution in [0.2, 0.25) is 5.02 Å². The Hall–Kier alpha value is -2.53. The highest BCUT2D eigenvalue weighted by atomic mass is 35.5. The van der Waals surface area contributed by atoms with Gasteiger partial charge in [0.1, 0.15) is 11.5 Å². The lowest BCUT2D eigenvalue weighted by molar-refractivity contribution is -0.130. The second-order valence-corrected chi connectivity index (χ2v) is 6.00. The van der Waals surface area contributed by atoms with Crippen LogP contribution >= 0.6 is 11.6 Å². The van der Waals surface area contributed by atoms with Gasteiger partial charge < -0.3 is 9.84 Å². The maximum atomic E-state index is 12.0. The molecule has 0 aromatic heterocycles. The van der Waals surface area contributed by atoms with Crippen LogP contribution in [0.25, 0.3) is 0 Å². The molecule has 0 aliphatic carbocycles. The van der Waals surface area contributed by atoms with E-state index >= 15 is 0 Å². The number of halogens is 1. The molecule has 24 heavy (non-hydrogen) atoms. The second-order valence-electron chi connectivity index (χ2n) is 5.56. The Morgan fingerprint density at radius 1 is 1.29 bits per heavy atom. The summed E-state index contributed by atoms with van der Waals surface area (Å²) in [5.74, 6) is 0.662. The lowest BCUT2D eigenvalue weighted by Crippen LogP contribution is -2.24. The second kappa shape index (κ2) is 6.53. The van der Waals surface area contributed by atoms with Crippen molar-refractivity contribution < 1.29 is 14.6 Å². The molecule has 0 radical (unpaired) electrons. The number of phenolic OH excluding ortho intramolecular Hbond substituents is 1. The van der Waals surface area contributed by atoms with Crippen molar-refractivity contribution in [2.45, 2.75) is 19.4 Å². The van der Waals surface area contributed by atoms with Crippen LogP contribution in [0.4, 0.5) is 0 Å². The van der Waals surface area contributed by atoms with Crippen molar-refractivity contribution in [3.63, 3.8) is 0 Å². The molecule has 5 nitrogen and oxygen atoms in total. The number of hydrazone groups is 1. The van der Waals surface area contributed by atoms with E-state index in [0.717, 1.165) is 17.0 Å². The van der Waals surface area contributed by atoms with Gasteiger partial charge in [0.2, 0.25) is 5.91 Å². The smallest absolute Gasteiger partial charge is 0.240 e. The minimum absolute atomic E-state index is 0.0989. The molecule has 1 aliphatic heterocycles. The normalized spacial score (nSPS) is 16.9. The van der Waals surface area contributed by atoms with E-state index in [0.29, 0.717) is 17.0 Å². The standard InChI is InChI=1S/C18H17ClN2O3/c1-11(22)21-17(15-9-13(19)5-8-18(15)23)10-16(20-21)12-3-6-14(24-2)7-4-12/h3-9,17,23H,10H2,1-2H3. The summed E-state index contributed by atoms with van der Waals surface area (Å²) in [6, 6.07) is 11.9. The van der Waals surface area contributed by atoms with Gasteiger partial charge in [-0.05, 0) is 48.0 Å². The van der Waals surface area contributed by atoms with Gasteiger partial charge in [-0.15, -0.1) is 0 Å². The molecular formula is C18H17ClN2O3. The number of phenols is 1. The molecule has 0 spiro atoms. The minimum Gasteiger partial charge on any atom is -0.508 e. The third-order valence-corrected chi connectivity index (χ3v) is 4.24. The molecule has 1 atom stereocenters. The van der Waals surface area contributed by atoms with E-state index in [4.69, 9.17) is 16.3 Å². The monoisotopic (exact) mass is 344 g/mol. The summed E-state index contributed by atoms with van der Waals surface area (Å²) in [6.45, 7) is 1.45. The molecule has 0 bridgehead atoms. The van der Waals surface area contributed by atoms with Crippen molar-refractivity contribution in [3.8, 4) is 11.5 Å². The molecular weight excluding hydrogens is 328 g/mol. The fraction of sp³-hybridized carbons (Fsp3) is 0.222. The van der Waals surface area contributed by atoms with Gasteiger partial charge in [0, 0.05) is 23.9 Å². The van der Waals surface area contributed by atoms with Crippen molar-refractivity contribution in [2.75, 3.05) is 7.11 Å². The van der Waals surface area contributed by atoms with Gasteiger partial charge in [0.15, 0.2) is 0 Å². The summed E-state index contributed by atoms with van der Waals surface area (Å²) in [4.78, 5) is 12.0. The summed E-state index contributed by atoms with van der Waals surface area (Å²) in [7, 11) is 1.61. The Balaban J connectivity index is 1.96. The zero-order chi connectivity index (χ0) is 17.3. The molecule has 1 amide bonds. The van der Waals surface area contributed by atoms with Crippen molar-refractivity contribution in [2.24, 2.45) is 5.10 Å². The van der Waals surface area contributed by atoms with Gasteiger partial charge in [-0.3, -0.25) is 4.79 Å². The number of hydrogen-bond acceptors (Lipinski definition) is 4. The first-order chi connectivity index (χ1) is 11.5. The van der Waals surface area contributed by atoms with Crippen molar-refractivity contribution in [3.05, 3.63) is 58.6 Å². The van der Waals surface area contributed by atoms with E-state index in [1.54, 1.807) is 19.2 Å². The molecule has 0 fully saturated rings. The van der Waals surface area contributed by atoms with Crippen molar-refractivity contribution >= 4 is 23.2 Å². The molecule has 6 heteroatoms. The highest BCUT2D eigenvalue weighted by Crippen LogP contribution is 2.38. The lowest BCUT2D eigenvalue weighted by atomic mass is 9.97. The van der Waals surface area contributed by atoms with Crippen LogP contribution in [0, 0.1) is 0 Å². The molecule has 0 saturated carbocycles. The number of carbonyl (C=O) groups excluding carboxylic acids is 1. The van der Waals surface area contributed by atoms with E-state index in [-0.39, 0.29) is 17.7 Å². The Morgan fingerprint density at radius 3 is 2.62 bits per heavy atom. The van der Waals surface area contributed by atoms with Crippen LogP contribution in [0.15, 0.2) is 47.6 Å². The Bertz CT molecular complexity index is 802. The molecule has 124 valence electrons. The van der Waals surface area contributed by atoms with Gasteiger partial charge in [-0.25, -0.2) is 5.01 Å². The maximum Gasteiger partial charge on any atom is 0.240 e. The summed E-state index contributed by atoms with van der Waals surface area (Å²) in [6.07, 6.45) is 0.500. The first kappa shape index (κ1) is 16.3. The van der Waals surface area contributed by atoms with Crippen LogP contribution in [0.3, 0.4) is 0 Å². The number of methoxy groups -OCH3 is 1. The van der Waals surface area contributed by atoms with Gasteiger partial charge in [0.25, 0.3) is 0 Å². The lowest BCUT2D eigenvalue weighted by Gasteiger charge is -2.21. The third-order valence-electron chi connectivity index (χ3n) is 4.00. The molecule has 1 unspecified atom stereocenters. The van der Waals surface area contributed by atoms with Crippen LogP contribution in [0.1, 0.15) is 30.5 Å². The molecule has 1 aliphatic rings. The largest absolute Gasteiger partial charge is 0.508 e. The van der Waals surface area contributed by atoms with Gasteiger partial charge >= 0.3 is 0 Å². The minimum atomic E-state index is -0.377. The summed E-state index contributed by atoms with van der Waals surface area (Å²) >= 11 is 6.04. The Labute approximate surface area is 145 Å². The molecule has 3 rings (SSSR count). The zero-order valence-electron chi connectivity index (χ0n) is 13.4. The molecule has 1 N–H and O–H groups in total. The topological polar surface area (TPSA) is 62.1 Å². The predicted octanol–water partition coefficient (Wildman–Crippen LogP) is 3.75. The maximum absolute atomic E-state index is 12.0. The average Bonchev–Trinajstić information content (AvgIpc) is 3.02. The number of hydrogen-bond donors (Lipinski definition) is 1. The van der Waals surface area contributed by atoms with E-state index in [1.165, 1.54) is 18.0 Å². The molecule has 1 heterocycles. The highest BCUT2D eigenvalue weighted by molar-refractivity contribution is 6.30. The number of aromatic hydroxyl groups is 1. The SMILES string of the molecule is COc1ccc(C2=NN(C(C)=O)C(c3cc(Cl)ccc3O)C2)cc1. The Kier molecular flexibility index (Phi) is 4.44. The first-order valence-electron chi connectivity index (χ1n) is 7.49. The van der Waals surface area contributed by atoms with E-state index in [9.17, 15) is 9.90 Å². The van der Waals surface area contributed by atoms with Gasteiger partial charge in [0.05, 0.1) is 18.9 Å². The van der Waals surface area contributed by atoms with Crippen LogP contribution in [-0.2, 0) is 4.79 Å². The van der Waals surface area contributed by atoms with Crippen molar-refractivity contribution in [1.29, 1.82) is 0 Å². The molecule has 2 aromatic carbocycles. The number of benzene rings is 2. The Morgan fingerprint density at radius 2 is 2.00 bits per heavy atom. The predicted molar refractivity (Wildman–Crippen MR) is 92.5 cm³/mol.